The Kier molecular flexibility index (Phi) is 5.82. The van der Waals surface area contributed by atoms with E-state index in [-0.39, 0.29) is 16.6 Å². The largest absolute Gasteiger partial charge is 0.443 e. The Balaban J connectivity index is 2.02. The van der Waals surface area contributed by atoms with Crippen molar-refractivity contribution in [2.24, 2.45) is 0 Å². The Morgan fingerprint density at radius 1 is 1.13 bits per heavy atom. The summed E-state index contributed by atoms with van der Waals surface area (Å²) in [6.45, 7) is 6.19. The van der Waals surface area contributed by atoms with Crippen LogP contribution < -0.4 is 10.9 Å². The number of aromatic amines is 1. The third kappa shape index (κ3) is 4.45. The van der Waals surface area contributed by atoms with E-state index in [9.17, 15) is 19.2 Å². The highest BCUT2D eigenvalue weighted by atomic mass is 16.6. The third-order valence-electron chi connectivity index (χ3n) is 4.69. The standard InChI is InChI=1S/C21H26N4O5/c1-21(2,3)30-20(29)23-24(4)18(27)15-16(19(28)25-11-7-8-12-25)22-14-10-6-5-9-13(14)17(15)26/h5-6,9-10H,7-8,11-12H2,1-4H3,(H,22,26)(H,23,29). The lowest BCUT2D eigenvalue weighted by Crippen LogP contribution is -2.47. The number of rotatable bonds is 2. The molecule has 1 fully saturated rings. The molecule has 1 aliphatic rings. The van der Waals surface area contributed by atoms with Crippen molar-refractivity contribution in [3.63, 3.8) is 0 Å². The van der Waals surface area contributed by atoms with Crippen LogP contribution in [0, 0.1) is 0 Å². The summed E-state index contributed by atoms with van der Waals surface area (Å²) >= 11 is 0. The fourth-order valence-electron chi connectivity index (χ4n) is 3.33. The molecule has 1 saturated heterocycles. The summed E-state index contributed by atoms with van der Waals surface area (Å²) in [6, 6.07) is 6.67. The highest BCUT2D eigenvalue weighted by Gasteiger charge is 2.30. The maximum atomic E-state index is 13.1. The fraction of sp³-hybridized carbons (Fsp3) is 0.429. The van der Waals surface area contributed by atoms with Crippen LogP contribution in [0.1, 0.15) is 54.5 Å². The second-order valence-electron chi connectivity index (χ2n) is 8.23. The van der Waals surface area contributed by atoms with Crippen LogP contribution in [0.15, 0.2) is 29.1 Å². The molecular formula is C21H26N4O5. The van der Waals surface area contributed by atoms with Crippen LogP contribution in [-0.4, -0.2) is 58.5 Å². The van der Waals surface area contributed by atoms with E-state index in [4.69, 9.17) is 4.74 Å². The molecular weight excluding hydrogens is 388 g/mol. The van der Waals surface area contributed by atoms with Gasteiger partial charge in [0.1, 0.15) is 16.9 Å². The lowest BCUT2D eigenvalue weighted by atomic mass is 10.1. The molecule has 9 nitrogen and oxygen atoms in total. The maximum Gasteiger partial charge on any atom is 0.426 e. The molecule has 3 amide bonds. The van der Waals surface area contributed by atoms with Crippen LogP contribution >= 0.6 is 0 Å². The zero-order valence-electron chi connectivity index (χ0n) is 17.6. The average Bonchev–Trinajstić information content (AvgIpc) is 3.20. The molecule has 1 aromatic carbocycles. The molecule has 0 unspecified atom stereocenters. The molecule has 2 heterocycles. The highest BCUT2D eigenvalue weighted by molar-refractivity contribution is 6.08. The van der Waals surface area contributed by atoms with Gasteiger partial charge in [0.25, 0.3) is 11.8 Å². The Morgan fingerprint density at radius 2 is 1.77 bits per heavy atom. The van der Waals surface area contributed by atoms with Gasteiger partial charge in [0, 0.05) is 31.0 Å². The van der Waals surface area contributed by atoms with Crippen molar-refractivity contribution < 1.29 is 19.1 Å². The van der Waals surface area contributed by atoms with Crippen molar-refractivity contribution in [1.82, 2.24) is 20.3 Å². The minimum absolute atomic E-state index is 0.0801. The molecule has 0 atom stereocenters. The summed E-state index contributed by atoms with van der Waals surface area (Å²) in [5.74, 6) is -1.22. The Morgan fingerprint density at radius 3 is 2.40 bits per heavy atom. The third-order valence-corrected chi connectivity index (χ3v) is 4.69. The summed E-state index contributed by atoms with van der Waals surface area (Å²) in [5.41, 5.74) is 1.02. The first kappa shape index (κ1) is 21.4. The van der Waals surface area contributed by atoms with Gasteiger partial charge in [-0.25, -0.2) is 10.2 Å². The molecule has 2 N–H and O–H groups in total. The molecule has 0 aliphatic carbocycles. The van der Waals surface area contributed by atoms with Crippen LogP contribution in [0.4, 0.5) is 4.79 Å². The van der Waals surface area contributed by atoms with Gasteiger partial charge in [0.15, 0.2) is 0 Å². The number of aromatic nitrogens is 1. The number of benzene rings is 1. The maximum absolute atomic E-state index is 13.1. The second kappa shape index (κ2) is 8.17. The van der Waals surface area contributed by atoms with Gasteiger partial charge in [0.05, 0.1) is 0 Å². The first-order chi connectivity index (χ1) is 14.1. The summed E-state index contributed by atoms with van der Waals surface area (Å²) in [7, 11) is 1.30. The fourth-order valence-corrected chi connectivity index (χ4v) is 3.33. The van der Waals surface area contributed by atoms with E-state index in [1.165, 1.54) is 7.05 Å². The van der Waals surface area contributed by atoms with Crippen LogP contribution in [0.3, 0.4) is 0 Å². The Bertz CT molecular complexity index is 1050. The molecule has 30 heavy (non-hydrogen) atoms. The zero-order chi connectivity index (χ0) is 22.1. The van der Waals surface area contributed by atoms with E-state index in [2.05, 4.69) is 10.4 Å². The smallest absolute Gasteiger partial charge is 0.426 e. The lowest BCUT2D eigenvalue weighted by Gasteiger charge is -2.24. The van der Waals surface area contributed by atoms with Crippen molar-refractivity contribution in [2.75, 3.05) is 20.1 Å². The average molecular weight is 414 g/mol. The van der Waals surface area contributed by atoms with Crippen LogP contribution in [0.2, 0.25) is 0 Å². The van der Waals surface area contributed by atoms with Crippen molar-refractivity contribution in [2.45, 2.75) is 39.2 Å². The lowest BCUT2D eigenvalue weighted by molar-refractivity contribution is 0.0333. The monoisotopic (exact) mass is 414 g/mol. The molecule has 160 valence electrons. The number of pyridine rings is 1. The van der Waals surface area contributed by atoms with Crippen LogP contribution in [0.5, 0.6) is 0 Å². The van der Waals surface area contributed by atoms with Crippen molar-refractivity contribution in [1.29, 1.82) is 0 Å². The van der Waals surface area contributed by atoms with Gasteiger partial charge >= 0.3 is 6.09 Å². The second-order valence-corrected chi connectivity index (χ2v) is 8.23. The predicted molar refractivity (Wildman–Crippen MR) is 111 cm³/mol. The van der Waals surface area contributed by atoms with Crippen LogP contribution in [0.25, 0.3) is 10.9 Å². The topological polar surface area (TPSA) is 112 Å². The van der Waals surface area contributed by atoms with Crippen molar-refractivity contribution in [3.8, 4) is 0 Å². The summed E-state index contributed by atoms with van der Waals surface area (Å²) in [4.78, 5) is 55.9. The molecule has 1 aromatic heterocycles. The molecule has 9 heteroatoms. The molecule has 0 bridgehead atoms. The highest BCUT2D eigenvalue weighted by Crippen LogP contribution is 2.18. The number of ether oxygens (including phenoxy) is 1. The predicted octanol–water partition coefficient (Wildman–Crippen LogP) is 2.28. The van der Waals surface area contributed by atoms with E-state index in [1.54, 1.807) is 49.9 Å². The molecule has 0 saturated carbocycles. The number of likely N-dealkylation sites (tertiary alicyclic amines) is 1. The first-order valence-corrected chi connectivity index (χ1v) is 9.80. The molecule has 0 radical (unpaired) electrons. The normalized spacial score (nSPS) is 13.9. The van der Waals surface area contributed by atoms with Gasteiger partial charge in [-0.1, -0.05) is 12.1 Å². The van der Waals surface area contributed by atoms with Crippen molar-refractivity contribution >= 4 is 28.8 Å². The number of hydrazine groups is 1. The van der Waals surface area contributed by atoms with Crippen molar-refractivity contribution in [3.05, 3.63) is 45.7 Å². The number of amides is 3. The quantitative estimate of drug-likeness (QED) is 0.732. The summed E-state index contributed by atoms with van der Waals surface area (Å²) < 4.78 is 5.15. The number of carbonyl (C=O) groups excluding carboxylic acids is 3. The van der Waals surface area contributed by atoms with Gasteiger partial charge in [0.2, 0.25) is 5.43 Å². The number of nitrogens with zero attached hydrogens (tertiary/aromatic N) is 2. The molecule has 2 aromatic rings. The Labute approximate surface area is 174 Å². The van der Waals surface area contributed by atoms with Crippen LogP contribution in [-0.2, 0) is 4.74 Å². The van der Waals surface area contributed by atoms with Gasteiger partial charge < -0.3 is 14.6 Å². The summed E-state index contributed by atoms with van der Waals surface area (Å²) in [6.07, 6.45) is 0.892. The van der Waals surface area contributed by atoms with E-state index in [1.807, 2.05) is 0 Å². The van der Waals surface area contributed by atoms with E-state index in [0.717, 1.165) is 17.9 Å². The zero-order valence-corrected chi connectivity index (χ0v) is 17.6. The number of H-pyrrole nitrogens is 1. The van der Waals surface area contributed by atoms with Gasteiger partial charge in [-0.3, -0.25) is 19.4 Å². The van der Waals surface area contributed by atoms with E-state index < -0.39 is 28.9 Å². The Hall–Kier alpha value is -3.36. The van der Waals surface area contributed by atoms with Gasteiger partial charge in [-0.15, -0.1) is 0 Å². The minimum atomic E-state index is -0.844. The minimum Gasteiger partial charge on any atom is -0.443 e. The van der Waals surface area contributed by atoms with E-state index >= 15 is 0 Å². The molecule has 0 spiro atoms. The number of hydrogen-bond donors (Lipinski definition) is 2. The number of nitrogens with one attached hydrogen (secondary N) is 2. The summed E-state index contributed by atoms with van der Waals surface area (Å²) in [5, 5.41) is 1.14. The number of hydrogen-bond acceptors (Lipinski definition) is 5. The first-order valence-electron chi connectivity index (χ1n) is 9.80. The van der Waals surface area contributed by atoms with Gasteiger partial charge in [-0.2, -0.15) is 0 Å². The number of para-hydroxylation sites is 1. The molecule has 3 rings (SSSR count). The number of carbonyl (C=O) groups is 3. The number of fused-ring (bicyclic) bond motifs is 1. The molecule has 1 aliphatic heterocycles. The van der Waals surface area contributed by atoms with E-state index in [0.29, 0.717) is 18.6 Å². The SMILES string of the molecule is CN(NC(=O)OC(C)(C)C)C(=O)c1c(C(=O)N2CCCC2)[nH]c2ccccc2c1=O. The van der Waals surface area contributed by atoms with Gasteiger partial charge in [-0.05, 0) is 45.7 Å².